The fourth-order valence-electron chi connectivity index (χ4n) is 2.81. The molecule has 1 aliphatic rings. The molecule has 2 heteroatoms. The van der Waals surface area contributed by atoms with Gasteiger partial charge in [-0.25, -0.2) is 4.79 Å². The highest BCUT2D eigenvalue weighted by Crippen LogP contribution is 2.27. The maximum absolute atomic E-state index is 11.9. The van der Waals surface area contributed by atoms with Gasteiger partial charge in [0.2, 0.25) is 0 Å². The van der Waals surface area contributed by atoms with Crippen molar-refractivity contribution in [1.82, 2.24) is 0 Å². The molecule has 0 fully saturated rings. The Balaban J connectivity index is 2.12. The van der Waals surface area contributed by atoms with E-state index >= 15 is 0 Å². The SMILES string of the molecule is COC(=O)c1cccc2c1Cc1ccccc1CC2. The van der Waals surface area contributed by atoms with Crippen molar-refractivity contribution < 1.29 is 9.53 Å². The molecule has 3 rings (SSSR count). The zero-order valence-electron chi connectivity index (χ0n) is 11.0. The van der Waals surface area contributed by atoms with Gasteiger partial charge >= 0.3 is 5.97 Å². The molecule has 19 heavy (non-hydrogen) atoms. The summed E-state index contributed by atoms with van der Waals surface area (Å²) in [6.07, 6.45) is 2.84. The fraction of sp³-hybridized carbons (Fsp3) is 0.235. The second-order valence-corrected chi connectivity index (χ2v) is 4.88. The Hall–Kier alpha value is -2.09. The first-order chi connectivity index (χ1) is 9.29. The number of rotatable bonds is 1. The van der Waals surface area contributed by atoms with Gasteiger partial charge in [-0.2, -0.15) is 0 Å². The smallest absolute Gasteiger partial charge is 0.338 e. The van der Waals surface area contributed by atoms with Gasteiger partial charge in [0.25, 0.3) is 0 Å². The van der Waals surface area contributed by atoms with Crippen molar-refractivity contribution in [2.75, 3.05) is 7.11 Å². The Morgan fingerprint density at radius 3 is 2.42 bits per heavy atom. The average molecular weight is 252 g/mol. The van der Waals surface area contributed by atoms with Crippen LogP contribution in [-0.4, -0.2) is 13.1 Å². The number of esters is 1. The lowest BCUT2D eigenvalue weighted by molar-refractivity contribution is 0.0599. The van der Waals surface area contributed by atoms with Crippen LogP contribution in [0.1, 0.15) is 32.6 Å². The second kappa shape index (κ2) is 4.88. The number of hydrogen-bond donors (Lipinski definition) is 0. The number of ether oxygens (including phenoxy) is 1. The van der Waals surface area contributed by atoms with Crippen LogP contribution in [0.15, 0.2) is 42.5 Å². The molecule has 0 bridgehead atoms. The van der Waals surface area contributed by atoms with Crippen molar-refractivity contribution in [1.29, 1.82) is 0 Å². The molecule has 0 amide bonds. The number of carbonyl (C=O) groups is 1. The molecule has 0 saturated heterocycles. The van der Waals surface area contributed by atoms with E-state index < -0.39 is 0 Å². The van der Waals surface area contributed by atoms with Crippen molar-refractivity contribution in [2.45, 2.75) is 19.3 Å². The second-order valence-electron chi connectivity index (χ2n) is 4.88. The molecule has 0 unspecified atom stereocenters. The summed E-state index contributed by atoms with van der Waals surface area (Å²) >= 11 is 0. The van der Waals surface area contributed by atoms with Gasteiger partial charge in [-0.05, 0) is 47.6 Å². The quantitative estimate of drug-likeness (QED) is 0.729. The highest BCUT2D eigenvalue weighted by atomic mass is 16.5. The van der Waals surface area contributed by atoms with E-state index in [1.54, 1.807) is 0 Å². The van der Waals surface area contributed by atoms with Gasteiger partial charge in [0.05, 0.1) is 12.7 Å². The molecular weight excluding hydrogens is 236 g/mol. The third kappa shape index (κ3) is 2.14. The van der Waals surface area contributed by atoms with Gasteiger partial charge in [-0.15, -0.1) is 0 Å². The van der Waals surface area contributed by atoms with Crippen molar-refractivity contribution in [3.05, 3.63) is 70.3 Å². The Kier molecular flexibility index (Phi) is 3.08. The minimum atomic E-state index is -0.240. The predicted molar refractivity (Wildman–Crippen MR) is 74.4 cm³/mol. The average Bonchev–Trinajstić information content (AvgIpc) is 2.65. The highest BCUT2D eigenvalue weighted by molar-refractivity contribution is 5.91. The first-order valence-corrected chi connectivity index (χ1v) is 6.55. The van der Waals surface area contributed by atoms with Crippen LogP contribution in [0.4, 0.5) is 0 Å². The third-order valence-electron chi connectivity index (χ3n) is 3.83. The van der Waals surface area contributed by atoms with Gasteiger partial charge in [0.15, 0.2) is 0 Å². The first-order valence-electron chi connectivity index (χ1n) is 6.55. The van der Waals surface area contributed by atoms with E-state index in [1.165, 1.54) is 23.8 Å². The Morgan fingerprint density at radius 2 is 1.63 bits per heavy atom. The molecule has 0 atom stereocenters. The van der Waals surface area contributed by atoms with Gasteiger partial charge in [0.1, 0.15) is 0 Å². The van der Waals surface area contributed by atoms with Crippen molar-refractivity contribution in [3.63, 3.8) is 0 Å². The highest BCUT2D eigenvalue weighted by Gasteiger charge is 2.19. The van der Waals surface area contributed by atoms with E-state index in [4.69, 9.17) is 4.74 Å². The van der Waals surface area contributed by atoms with Crippen molar-refractivity contribution in [2.24, 2.45) is 0 Å². The predicted octanol–water partition coefficient (Wildman–Crippen LogP) is 3.16. The monoisotopic (exact) mass is 252 g/mol. The lowest BCUT2D eigenvalue weighted by Gasteiger charge is -2.11. The van der Waals surface area contributed by atoms with Crippen LogP contribution in [0.5, 0.6) is 0 Å². The number of carbonyl (C=O) groups excluding carboxylic acids is 1. The van der Waals surface area contributed by atoms with Crippen LogP contribution in [0, 0.1) is 0 Å². The van der Waals surface area contributed by atoms with Crippen molar-refractivity contribution in [3.8, 4) is 0 Å². The van der Waals surface area contributed by atoms with E-state index in [0.717, 1.165) is 24.8 Å². The summed E-state index contributed by atoms with van der Waals surface area (Å²) in [6, 6.07) is 14.4. The molecule has 2 aromatic rings. The lowest BCUT2D eigenvalue weighted by atomic mass is 9.95. The number of fused-ring (bicyclic) bond motifs is 2. The maximum Gasteiger partial charge on any atom is 0.338 e. The molecule has 0 aliphatic heterocycles. The molecule has 0 spiro atoms. The molecule has 2 aromatic carbocycles. The summed E-state index contributed by atoms with van der Waals surface area (Å²) in [5.74, 6) is -0.240. The number of aryl methyl sites for hydroxylation is 2. The zero-order valence-corrected chi connectivity index (χ0v) is 11.0. The Labute approximate surface area is 113 Å². The molecule has 0 N–H and O–H groups in total. The summed E-state index contributed by atoms with van der Waals surface area (Å²) in [4.78, 5) is 11.9. The minimum absolute atomic E-state index is 0.240. The standard InChI is InChI=1S/C17H16O2/c1-19-17(18)15-8-4-7-13-10-9-12-5-2-3-6-14(12)11-16(13)15/h2-8H,9-11H2,1H3. The summed E-state index contributed by atoms with van der Waals surface area (Å²) in [5.41, 5.74) is 5.79. The molecule has 96 valence electrons. The number of hydrogen-bond acceptors (Lipinski definition) is 2. The molecule has 2 nitrogen and oxygen atoms in total. The van der Waals surface area contributed by atoms with Gasteiger partial charge in [-0.3, -0.25) is 0 Å². The topological polar surface area (TPSA) is 26.3 Å². The maximum atomic E-state index is 11.9. The number of methoxy groups -OCH3 is 1. The van der Waals surface area contributed by atoms with E-state index in [0.29, 0.717) is 5.56 Å². The lowest BCUT2D eigenvalue weighted by Crippen LogP contribution is -2.08. The third-order valence-corrected chi connectivity index (χ3v) is 3.83. The van der Waals surface area contributed by atoms with E-state index in [-0.39, 0.29) is 5.97 Å². The summed E-state index contributed by atoms with van der Waals surface area (Å²) in [6.45, 7) is 0. The molecule has 1 aliphatic carbocycles. The molecular formula is C17H16O2. The van der Waals surface area contributed by atoms with Crippen LogP contribution in [0.2, 0.25) is 0 Å². The summed E-state index contributed by atoms with van der Waals surface area (Å²) in [5, 5.41) is 0. The molecule has 0 aromatic heterocycles. The zero-order chi connectivity index (χ0) is 13.2. The summed E-state index contributed by atoms with van der Waals surface area (Å²) < 4.78 is 4.89. The van der Waals surface area contributed by atoms with E-state index in [9.17, 15) is 4.79 Å². The Bertz CT molecular complexity index is 629. The van der Waals surface area contributed by atoms with Gasteiger partial charge in [-0.1, -0.05) is 36.4 Å². The van der Waals surface area contributed by atoms with E-state index in [2.05, 4.69) is 30.3 Å². The van der Waals surface area contributed by atoms with E-state index in [1.807, 2.05) is 12.1 Å². The normalized spacial score (nSPS) is 13.1. The van der Waals surface area contributed by atoms with Crippen LogP contribution in [0.3, 0.4) is 0 Å². The van der Waals surface area contributed by atoms with Gasteiger partial charge in [0, 0.05) is 0 Å². The molecule has 0 saturated carbocycles. The summed E-state index contributed by atoms with van der Waals surface area (Å²) in [7, 11) is 1.44. The largest absolute Gasteiger partial charge is 0.465 e. The first kappa shape index (κ1) is 12.0. The molecule has 0 heterocycles. The van der Waals surface area contributed by atoms with Crippen molar-refractivity contribution >= 4 is 5.97 Å². The van der Waals surface area contributed by atoms with Gasteiger partial charge < -0.3 is 4.74 Å². The fourth-order valence-corrected chi connectivity index (χ4v) is 2.81. The van der Waals surface area contributed by atoms with Crippen LogP contribution >= 0.6 is 0 Å². The number of benzene rings is 2. The minimum Gasteiger partial charge on any atom is -0.465 e. The molecule has 0 radical (unpaired) electrons. The Morgan fingerprint density at radius 1 is 0.947 bits per heavy atom. The van der Waals surface area contributed by atoms with Crippen LogP contribution < -0.4 is 0 Å². The van der Waals surface area contributed by atoms with Crippen LogP contribution in [-0.2, 0) is 24.0 Å². The van der Waals surface area contributed by atoms with Crippen LogP contribution in [0.25, 0.3) is 0 Å².